The maximum Gasteiger partial charge on any atom is 0.262 e. The van der Waals surface area contributed by atoms with Crippen molar-refractivity contribution < 1.29 is 9.53 Å². The molecule has 0 saturated carbocycles. The van der Waals surface area contributed by atoms with Crippen molar-refractivity contribution >= 4 is 11.6 Å². The third kappa shape index (κ3) is 3.78. The molecule has 1 amide bonds. The smallest absolute Gasteiger partial charge is 0.262 e. The minimum Gasteiger partial charge on any atom is -0.483 e. The van der Waals surface area contributed by atoms with Crippen LogP contribution in [0.1, 0.15) is 11.1 Å². The molecule has 1 aromatic heterocycles. The van der Waals surface area contributed by atoms with Crippen LogP contribution in [0.2, 0.25) is 0 Å². The molecule has 0 aliphatic heterocycles. The highest BCUT2D eigenvalue weighted by Crippen LogP contribution is 2.19. The minimum absolute atomic E-state index is 0.0326. The Morgan fingerprint density at radius 3 is 2.67 bits per heavy atom. The Morgan fingerprint density at radius 1 is 1.17 bits per heavy atom. The molecular formula is C18H18N4O2. The van der Waals surface area contributed by atoms with E-state index in [1.54, 1.807) is 11.0 Å². The summed E-state index contributed by atoms with van der Waals surface area (Å²) in [6.45, 7) is 3.91. The molecule has 122 valence electrons. The van der Waals surface area contributed by atoms with Crippen molar-refractivity contribution in [1.82, 2.24) is 14.8 Å². The van der Waals surface area contributed by atoms with Gasteiger partial charge < -0.3 is 10.1 Å². The lowest BCUT2D eigenvalue weighted by molar-refractivity contribution is -0.118. The second-order valence-electron chi connectivity index (χ2n) is 5.49. The molecule has 6 nitrogen and oxygen atoms in total. The molecule has 1 heterocycles. The Hall–Kier alpha value is -3.15. The summed E-state index contributed by atoms with van der Waals surface area (Å²) in [6.07, 6.45) is 3.09. The largest absolute Gasteiger partial charge is 0.483 e. The number of carbonyl (C=O) groups is 1. The highest BCUT2D eigenvalue weighted by atomic mass is 16.5. The summed E-state index contributed by atoms with van der Waals surface area (Å²) < 4.78 is 7.25. The van der Waals surface area contributed by atoms with Gasteiger partial charge in [0.15, 0.2) is 6.61 Å². The average molecular weight is 322 g/mol. The molecule has 0 saturated heterocycles. The van der Waals surface area contributed by atoms with Crippen LogP contribution in [0.25, 0.3) is 5.69 Å². The van der Waals surface area contributed by atoms with Gasteiger partial charge in [0.05, 0.1) is 5.69 Å². The zero-order chi connectivity index (χ0) is 16.9. The van der Waals surface area contributed by atoms with E-state index in [1.807, 2.05) is 56.3 Å². The standard InChI is InChI=1S/C18H18N4O2/c1-13-3-4-14(2)17(9-13)24-10-18(23)21-15-5-7-16(8-6-15)22-12-19-11-20-22/h3-9,11-12H,10H2,1-2H3,(H,21,23). The predicted molar refractivity (Wildman–Crippen MR) is 91.4 cm³/mol. The Balaban J connectivity index is 1.58. The number of amides is 1. The fourth-order valence-corrected chi connectivity index (χ4v) is 2.24. The SMILES string of the molecule is Cc1ccc(C)c(OCC(=O)Nc2ccc(-n3cncn3)cc2)c1. The average Bonchev–Trinajstić information content (AvgIpc) is 3.11. The third-order valence-corrected chi connectivity index (χ3v) is 3.54. The van der Waals surface area contributed by atoms with E-state index < -0.39 is 0 Å². The monoisotopic (exact) mass is 322 g/mol. The fraction of sp³-hybridized carbons (Fsp3) is 0.167. The molecule has 0 unspecified atom stereocenters. The maximum absolute atomic E-state index is 12.0. The van der Waals surface area contributed by atoms with Gasteiger partial charge >= 0.3 is 0 Å². The summed E-state index contributed by atoms with van der Waals surface area (Å²) in [5.41, 5.74) is 3.68. The molecule has 0 fully saturated rings. The normalized spacial score (nSPS) is 10.4. The zero-order valence-electron chi connectivity index (χ0n) is 13.6. The first-order chi connectivity index (χ1) is 11.6. The molecule has 24 heavy (non-hydrogen) atoms. The molecule has 0 aliphatic carbocycles. The predicted octanol–water partition coefficient (Wildman–Crippen LogP) is 2.90. The van der Waals surface area contributed by atoms with Crippen LogP contribution in [0, 0.1) is 13.8 Å². The topological polar surface area (TPSA) is 69.0 Å². The summed E-state index contributed by atoms with van der Waals surface area (Å²) >= 11 is 0. The van der Waals surface area contributed by atoms with Crippen LogP contribution < -0.4 is 10.1 Å². The Labute approximate surface area is 140 Å². The lowest BCUT2D eigenvalue weighted by Gasteiger charge is -2.10. The second-order valence-corrected chi connectivity index (χ2v) is 5.49. The van der Waals surface area contributed by atoms with Crippen LogP contribution in [0.4, 0.5) is 5.69 Å². The Morgan fingerprint density at radius 2 is 1.96 bits per heavy atom. The molecule has 0 bridgehead atoms. The Kier molecular flexibility index (Phi) is 4.56. The number of ether oxygens (including phenoxy) is 1. The number of nitrogens with one attached hydrogen (secondary N) is 1. The number of carbonyl (C=O) groups excluding carboxylic acids is 1. The summed E-state index contributed by atoms with van der Waals surface area (Å²) in [4.78, 5) is 15.9. The maximum atomic E-state index is 12.0. The van der Waals surface area contributed by atoms with Gasteiger partial charge in [0.1, 0.15) is 18.4 Å². The molecule has 6 heteroatoms. The number of hydrogen-bond acceptors (Lipinski definition) is 4. The van der Waals surface area contributed by atoms with E-state index in [0.717, 1.165) is 22.6 Å². The van der Waals surface area contributed by atoms with Gasteiger partial charge in [0.25, 0.3) is 5.91 Å². The highest BCUT2D eigenvalue weighted by Gasteiger charge is 2.06. The summed E-state index contributed by atoms with van der Waals surface area (Å²) in [5.74, 6) is 0.524. The van der Waals surface area contributed by atoms with E-state index in [9.17, 15) is 4.79 Å². The second kappa shape index (κ2) is 6.95. The number of aromatic nitrogens is 3. The van der Waals surface area contributed by atoms with Crippen LogP contribution in [-0.4, -0.2) is 27.3 Å². The molecule has 3 aromatic rings. The van der Waals surface area contributed by atoms with Crippen LogP contribution in [-0.2, 0) is 4.79 Å². The lowest BCUT2D eigenvalue weighted by Crippen LogP contribution is -2.20. The minimum atomic E-state index is -0.204. The van der Waals surface area contributed by atoms with Crippen LogP contribution >= 0.6 is 0 Å². The number of aryl methyl sites for hydroxylation is 2. The number of nitrogens with zero attached hydrogens (tertiary/aromatic N) is 3. The van der Waals surface area contributed by atoms with E-state index in [2.05, 4.69) is 15.4 Å². The van der Waals surface area contributed by atoms with Crippen LogP contribution in [0.3, 0.4) is 0 Å². The van der Waals surface area contributed by atoms with Gasteiger partial charge in [-0.3, -0.25) is 4.79 Å². The van der Waals surface area contributed by atoms with E-state index in [4.69, 9.17) is 4.74 Å². The molecule has 1 N–H and O–H groups in total. The highest BCUT2D eigenvalue weighted by molar-refractivity contribution is 5.91. The zero-order valence-corrected chi connectivity index (χ0v) is 13.6. The number of hydrogen-bond donors (Lipinski definition) is 1. The first kappa shape index (κ1) is 15.7. The van der Waals surface area contributed by atoms with Gasteiger partial charge in [-0.25, -0.2) is 9.67 Å². The summed E-state index contributed by atoms with van der Waals surface area (Å²) in [7, 11) is 0. The van der Waals surface area contributed by atoms with Gasteiger partial charge in [-0.15, -0.1) is 0 Å². The van der Waals surface area contributed by atoms with Crippen molar-refractivity contribution in [2.24, 2.45) is 0 Å². The van der Waals surface area contributed by atoms with Crippen molar-refractivity contribution in [2.75, 3.05) is 11.9 Å². The first-order valence-electron chi connectivity index (χ1n) is 7.57. The fourth-order valence-electron chi connectivity index (χ4n) is 2.24. The van der Waals surface area contributed by atoms with Gasteiger partial charge in [-0.05, 0) is 55.3 Å². The van der Waals surface area contributed by atoms with E-state index in [0.29, 0.717) is 5.69 Å². The van der Waals surface area contributed by atoms with Gasteiger partial charge in [0, 0.05) is 5.69 Å². The molecular weight excluding hydrogens is 304 g/mol. The summed E-state index contributed by atoms with van der Waals surface area (Å²) in [5, 5.41) is 6.86. The van der Waals surface area contributed by atoms with E-state index >= 15 is 0 Å². The van der Waals surface area contributed by atoms with Crippen molar-refractivity contribution in [1.29, 1.82) is 0 Å². The van der Waals surface area contributed by atoms with Crippen molar-refractivity contribution in [2.45, 2.75) is 13.8 Å². The third-order valence-electron chi connectivity index (χ3n) is 3.54. The molecule has 0 aliphatic rings. The quantitative estimate of drug-likeness (QED) is 0.784. The van der Waals surface area contributed by atoms with E-state index in [1.165, 1.54) is 6.33 Å². The Bertz CT molecular complexity index is 827. The van der Waals surface area contributed by atoms with Gasteiger partial charge in [0.2, 0.25) is 0 Å². The number of rotatable bonds is 5. The number of anilines is 1. The molecule has 0 radical (unpaired) electrons. The van der Waals surface area contributed by atoms with Crippen LogP contribution in [0.5, 0.6) is 5.75 Å². The van der Waals surface area contributed by atoms with Crippen molar-refractivity contribution in [3.63, 3.8) is 0 Å². The number of benzene rings is 2. The van der Waals surface area contributed by atoms with Crippen LogP contribution in [0.15, 0.2) is 55.1 Å². The van der Waals surface area contributed by atoms with Gasteiger partial charge in [-0.2, -0.15) is 5.10 Å². The molecule has 2 aromatic carbocycles. The lowest BCUT2D eigenvalue weighted by atomic mass is 10.1. The van der Waals surface area contributed by atoms with Crippen molar-refractivity contribution in [3.05, 3.63) is 66.2 Å². The summed E-state index contributed by atoms with van der Waals surface area (Å²) in [6, 6.07) is 13.3. The first-order valence-corrected chi connectivity index (χ1v) is 7.57. The molecule has 0 spiro atoms. The van der Waals surface area contributed by atoms with Gasteiger partial charge in [-0.1, -0.05) is 12.1 Å². The van der Waals surface area contributed by atoms with Crippen molar-refractivity contribution in [3.8, 4) is 11.4 Å². The molecule has 3 rings (SSSR count). The molecule has 0 atom stereocenters. The van der Waals surface area contributed by atoms with E-state index in [-0.39, 0.29) is 12.5 Å².